The van der Waals surface area contributed by atoms with Gasteiger partial charge in [-0.3, -0.25) is 4.79 Å². The first-order valence-electron chi connectivity index (χ1n) is 5.86. The minimum atomic E-state index is -3.70. The van der Waals surface area contributed by atoms with Crippen LogP contribution in [0.4, 0.5) is 0 Å². The second-order valence-electron chi connectivity index (χ2n) is 3.82. The number of carbonyl (C=O) groups excluding carboxylic acids is 1. The Balaban J connectivity index is 3.46. The molecule has 0 spiro atoms. The molecule has 0 radical (unpaired) electrons. The molecule has 0 aromatic heterocycles. The van der Waals surface area contributed by atoms with Crippen LogP contribution in [-0.2, 0) is 10.0 Å². The van der Waals surface area contributed by atoms with Crippen molar-refractivity contribution < 1.29 is 17.9 Å². The highest BCUT2D eigenvalue weighted by atomic mass is 32.2. The van der Waals surface area contributed by atoms with E-state index in [4.69, 9.17) is 10.5 Å². The third-order valence-electron chi connectivity index (χ3n) is 2.77. The fraction of sp³-hybridized carbons (Fsp3) is 0.417. The molecule has 0 aliphatic carbocycles. The van der Waals surface area contributed by atoms with Crippen LogP contribution in [0.3, 0.4) is 0 Å². The average molecular weight is 286 g/mol. The lowest BCUT2D eigenvalue weighted by Crippen LogP contribution is -2.31. The van der Waals surface area contributed by atoms with Crippen LogP contribution in [-0.4, -0.2) is 38.8 Å². The Morgan fingerprint density at radius 2 is 1.89 bits per heavy atom. The summed E-state index contributed by atoms with van der Waals surface area (Å²) in [6, 6.07) is 4.10. The fourth-order valence-electron chi connectivity index (χ4n) is 1.73. The SMILES string of the molecule is CCN(CC)S(=O)(=O)c1cc(C(N)=O)ccc1OC. The van der Waals surface area contributed by atoms with Crippen LogP contribution in [0.25, 0.3) is 0 Å². The number of amides is 1. The third kappa shape index (κ3) is 3.05. The van der Waals surface area contributed by atoms with E-state index in [-0.39, 0.29) is 16.2 Å². The Hall–Kier alpha value is -1.60. The van der Waals surface area contributed by atoms with Crippen LogP contribution in [0.1, 0.15) is 24.2 Å². The second kappa shape index (κ2) is 6.03. The molecule has 1 aromatic rings. The van der Waals surface area contributed by atoms with Gasteiger partial charge in [0.15, 0.2) is 0 Å². The predicted octanol–water partition coefficient (Wildman–Crippen LogP) is 0.825. The van der Waals surface area contributed by atoms with Gasteiger partial charge in [-0.1, -0.05) is 13.8 Å². The van der Waals surface area contributed by atoms with E-state index in [1.165, 1.54) is 29.6 Å². The van der Waals surface area contributed by atoms with Crippen molar-refractivity contribution in [3.8, 4) is 5.75 Å². The highest BCUT2D eigenvalue weighted by molar-refractivity contribution is 7.89. The number of benzene rings is 1. The van der Waals surface area contributed by atoms with E-state index in [0.29, 0.717) is 13.1 Å². The first kappa shape index (κ1) is 15.5. The van der Waals surface area contributed by atoms with Crippen LogP contribution in [0.15, 0.2) is 23.1 Å². The lowest BCUT2D eigenvalue weighted by atomic mass is 10.2. The molecule has 0 aliphatic rings. The monoisotopic (exact) mass is 286 g/mol. The van der Waals surface area contributed by atoms with Gasteiger partial charge in [-0.15, -0.1) is 0 Å². The first-order valence-corrected chi connectivity index (χ1v) is 7.30. The van der Waals surface area contributed by atoms with Crippen molar-refractivity contribution in [1.29, 1.82) is 0 Å². The molecule has 0 saturated carbocycles. The number of nitrogens with zero attached hydrogens (tertiary/aromatic N) is 1. The van der Waals surface area contributed by atoms with E-state index in [0.717, 1.165) is 0 Å². The molecule has 0 saturated heterocycles. The zero-order valence-corrected chi connectivity index (χ0v) is 12.0. The Bertz CT molecular complexity index is 565. The van der Waals surface area contributed by atoms with Crippen LogP contribution in [0, 0.1) is 0 Å². The number of rotatable bonds is 6. The summed E-state index contributed by atoms with van der Waals surface area (Å²) in [5.41, 5.74) is 5.30. The molecule has 0 bridgehead atoms. The van der Waals surface area contributed by atoms with Gasteiger partial charge < -0.3 is 10.5 Å². The number of nitrogens with two attached hydrogens (primary N) is 1. The minimum Gasteiger partial charge on any atom is -0.495 e. The van der Waals surface area contributed by atoms with Gasteiger partial charge in [0.1, 0.15) is 10.6 Å². The van der Waals surface area contributed by atoms with Crippen molar-refractivity contribution in [2.75, 3.05) is 20.2 Å². The van der Waals surface area contributed by atoms with E-state index >= 15 is 0 Å². The summed E-state index contributed by atoms with van der Waals surface area (Å²) in [5, 5.41) is 0. The van der Waals surface area contributed by atoms with Gasteiger partial charge in [-0.25, -0.2) is 8.42 Å². The second-order valence-corrected chi connectivity index (χ2v) is 5.73. The van der Waals surface area contributed by atoms with Gasteiger partial charge in [0.2, 0.25) is 15.9 Å². The van der Waals surface area contributed by atoms with Gasteiger partial charge in [-0.2, -0.15) is 4.31 Å². The summed E-state index contributed by atoms with van der Waals surface area (Å²) in [7, 11) is -2.32. The minimum absolute atomic E-state index is 0.0463. The van der Waals surface area contributed by atoms with Gasteiger partial charge in [0.05, 0.1) is 7.11 Å². The van der Waals surface area contributed by atoms with Crippen molar-refractivity contribution >= 4 is 15.9 Å². The van der Waals surface area contributed by atoms with Gasteiger partial charge in [0, 0.05) is 18.7 Å². The molecular formula is C12H18N2O4S. The van der Waals surface area contributed by atoms with Crippen LogP contribution in [0.5, 0.6) is 5.75 Å². The van der Waals surface area contributed by atoms with Gasteiger partial charge >= 0.3 is 0 Å². The first-order chi connectivity index (χ1) is 8.88. The number of hydrogen-bond acceptors (Lipinski definition) is 4. The largest absolute Gasteiger partial charge is 0.495 e. The third-order valence-corrected chi connectivity index (χ3v) is 4.84. The smallest absolute Gasteiger partial charge is 0.248 e. The average Bonchev–Trinajstić information content (AvgIpc) is 2.38. The van der Waals surface area contributed by atoms with Gasteiger partial charge in [-0.05, 0) is 18.2 Å². The highest BCUT2D eigenvalue weighted by Gasteiger charge is 2.26. The number of carbonyl (C=O) groups is 1. The number of sulfonamides is 1. The number of ether oxygens (including phenoxy) is 1. The quantitative estimate of drug-likeness (QED) is 0.838. The molecule has 7 heteroatoms. The highest BCUT2D eigenvalue weighted by Crippen LogP contribution is 2.27. The maximum Gasteiger partial charge on any atom is 0.248 e. The molecule has 1 rings (SSSR count). The predicted molar refractivity (Wildman–Crippen MR) is 71.6 cm³/mol. The molecule has 0 atom stereocenters. The Morgan fingerprint density at radius 1 is 1.32 bits per heavy atom. The van der Waals surface area contributed by atoms with E-state index in [2.05, 4.69) is 0 Å². The Morgan fingerprint density at radius 3 is 2.32 bits per heavy atom. The van der Waals surface area contributed by atoms with E-state index in [1.807, 2.05) is 0 Å². The molecule has 19 heavy (non-hydrogen) atoms. The van der Waals surface area contributed by atoms with Crippen LogP contribution < -0.4 is 10.5 Å². The molecule has 2 N–H and O–H groups in total. The van der Waals surface area contributed by atoms with Crippen molar-refractivity contribution in [2.24, 2.45) is 5.73 Å². The Labute approximate surface area is 113 Å². The summed E-state index contributed by atoms with van der Waals surface area (Å²) in [5.74, 6) is -0.490. The summed E-state index contributed by atoms with van der Waals surface area (Å²) in [6.07, 6.45) is 0. The van der Waals surface area contributed by atoms with E-state index < -0.39 is 15.9 Å². The normalized spacial score (nSPS) is 11.6. The standard InChI is InChI=1S/C12H18N2O4S/c1-4-14(5-2)19(16,17)11-8-9(12(13)15)6-7-10(11)18-3/h6-8H,4-5H2,1-3H3,(H2,13,15). The summed E-state index contributed by atoms with van der Waals surface area (Å²) >= 11 is 0. The number of methoxy groups -OCH3 is 1. The zero-order chi connectivity index (χ0) is 14.6. The Kier molecular flexibility index (Phi) is 4.90. The van der Waals surface area contributed by atoms with Crippen molar-refractivity contribution in [3.05, 3.63) is 23.8 Å². The lowest BCUT2D eigenvalue weighted by molar-refractivity contribution is 0.1000. The van der Waals surface area contributed by atoms with E-state index in [1.54, 1.807) is 13.8 Å². The fourth-order valence-corrected chi connectivity index (χ4v) is 3.37. The zero-order valence-electron chi connectivity index (χ0n) is 11.2. The molecular weight excluding hydrogens is 268 g/mol. The van der Waals surface area contributed by atoms with Crippen molar-refractivity contribution in [2.45, 2.75) is 18.7 Å². The molecule has 0 heterocycles. The molecule has 0 unspecified atom stereocenters. The van der Waals surface area contributed by atoms with Crippen molar-refractivity contribution in [3.63, 3.8) is 0 Å². The number of primary amides is 1. The summed E-state index contributed by atoms with van der Waals surface area (Å²) in [4.78, 5) is 11.1. The molecule has 0 aliphatic heterocycles. The van der Waals surface area contributed by atoms with E-state index in [9.17, 15) is 13.2 Å². The maximum absolute atomic E-state index is 12.4. The van der Waals surface area contributed by atoms with Gasteiger partial charge in [0.25, 0.3) is 0 Å². The van der Waals surface area contributed by atoms with Crippen molar-refractivity contribution in [1.82, 2.24) is 4.31 Å². The molecule has 1 aromatic carbocycles. The number of hydrogen-bond donors (Lipinski definition) is 1. The maximum atomic E-state index is 12.4. The molecule has 0 fully saturated rings. The molecule has 1 amide bonds. The lowest BCUT2D eigenvalue weighted by Gasteiger charge is -2.20. The van der Waals surface area contributed by atoms with Crippen LogP contribution >= 0.6 is 0 Å². The topological polar surface area (TPSA) is 89.7 Å². The summed E-state index contributed by atoms with van der Waals surface area (Å²) < 4.78 is 31.2. The summed E-state index contributed by atoms with van der Waals surface area (Å²) in [6.45, 7) is 4.16. The molecule has 106 valence electrons. The van der Waals surface area contributed by atoms with Crippen LogP contribution in [0.2, 0.25) is 0 Å². The molecule has 6 nitrogen and oxygen atoms in total.